The number of benzene rings is 1. The van der Waals surface area contributed by atoms with Gasteiger partial charge in [0.2, 0.25) is 11.8 Å². The van der Waals surface area contributed by atoms with Crippen LogP contribution >= 0.6 is 11.6 Å². The molecule has 1 aliphatic heterocycles. The van der Waals surface area contributed by atoms with E-state index in [1.807, 2.05) is 6.07 Å². The Morgan fingerprint density at radius 2 is 1.94 bits per heavy atom. The van der Waals surface area contributed by atoms with E-state index < -0.39 is 11.9 Å². The topological polar surface area (TPSA) is 123 Å². The second-order valence-corrected chi connectivity index (χ2v) is 8.92. The van der Waals surface area contributed by atoms with Crippen molar-refractivity contribution < 1.29 is 14.4 Å². The highest BCUT2D eigenvalue weighted by Crippen LogP contribution is 2.42. The van der Waals surface area contributed by atoms with Crippen LogP contribution in [0.5, 0.6) is 0 Å². The number of hydrogen-bond acceptors (Lipinski definition) is 5. The third kappa shape index (κ3) is 3.93. The maximum absolute atomic E-state index is 13.4. The summed E-state index contributed by atoms with van der Waals surface area (Å²) in [5.74, 6) is -0.917. The molecule has 10 heteroatoms. The van der Waals surface area contributed by atoms with Crippen molar-refractivity contribution in [3.8, 4) is 0 Å². The molecule has 3 atom stereocenters. The average Bonchev–Trinajstić information content (AvgIpc) is 3.51. The highest BCUT2D eigenvalue weighted by Gasteiger charge is 2.51. The van der Waals surface area contributed by atoms with Crippen molar-refractivity contribution in [3.05, 3.63) is 59.0 Å². The number of piperidine rings is 1. The predicted octanol–water partition coefficient (Wildman–Crippen LogP) is 1.88. The fourth-order valence-corrected chi connectivity index (χ4v) is 5.34. The van der Waals surface area contributed by atoms with Gasteiger partial charge in [-0.1, -0.05) is 35.9 Å². The number of rotatable bonds is 6. The molecule has 3 heterocycles. The molecular weight excluding hydrogens is 444 g/mol. The number of nitrogens with zero attached hydrogens (tertiary/aromatic N) is 4. The van der Waals surface area contributed by atoms with E-state index in [0.717, 1.165) is 19.3 Å². The van der Waals surface area contributed by atoms with E-state index in [9.17, 15) is 14.4 Å². The number of likely N-dealkylation sites (tertiary alicyclic amines) is 1. The molecule has 2 aromatic heterocycles. The van der Waals surface area contributed by atoms with E-state index in [4.69, 9.17) is 17.3 Å². The number of carbonyl (C=O) groups is 3. The van der Waals surface area contributed by atoms with Crippen molar-refractivity contribution in [2.75, 3.05) is 0 Å². The molecule has 33 heavy (non-hydrogen) atoms. The molecule has 3 amide bonds. The van der Waals surface area contributed by atoms with Gasteiger partial charge in [0.15, 0.2) is 5.69 Å². The second-order valence-electron chi connectivity index (χ2n) is 8.53. The SMILES string of the molecule is NC(=O)c1nn(CC(=O)N2[C@@H]3CC[C@@H](C3)[C@H]2C(=O)NCc2cccc(Cl)n2)c2ccccc12. The molecular formula is C23H23ClN6O3. The first kappa shape index (κ1) is 21.4. The lowest BCUT2D eigenvalue weighted by Crippen LogP contribution is -2.53. The molecule has 9 nitrogen and oxygen atoms in total. The lowest BCUT2D eigenvalue weighted by Gasteiger charge is -2.34. The first-order chi connectivity index (χ1) is 15.9. The van der Waals surface area contributed by atoms with Gasteiger partial charge in [0.25, 0.3) is 5.91 Å². The molecule has 2 aliphatic rings. The van der Waals surface area contributed by atoms with Crippen LogP contribution in [0.2, 0.25) is 5.15 Å². The third-order valence-corrected chi connectivity index (χ3v) is 6.75. The number of aromatic nitrogens is 3. The number of nitrogens with two attached hydrogens (primary N) is 1. The largest absolute Gasteiger partial charge is 0.364 e. The van der Waals surface area contributed by atoms with Crippen molar-refractivity contribution in [1.82, 2.24) is 25.0 Å². The lowest BCUT2D eigenvalue weighted by atomic mass is 9.97. The Labute approximate surface area is 194 Å². The van der Waals surface area contributed by atoms with Crippen LogP contribution in [-0.2, 0) is 22.7 Å². The van der Waals surface area contributed by atoms with Crippen LogP contribution in [0.3, 0.4) is 0 Å². The smallest absolute Gasteiger partial charge is 0.269 e. The quantitative estimate of drug-likeness (QED) is 0.537. The summed E-state index contributed by atoms with van der Waals surface area (Å²) in [6, 6.07) is 11.9. The number of para-hydroxylation sites is 1. The number of pyridine rings is 1. The molecule has 1 saturated carbocycles. The Balaban J connectivity index is 1.35. The van der Waals surface area contributed by atoms with Crippen LogP contribution in [0.25, 0.3) is 10.9 Å². The Bertz CT molecular complexity index is 1260. The third-order valence-electron chi connectivity index (χ3n) is 6.53. The highest BCUT2D eigenvalue weighted by molar-refractivity contribution is 6.29. The number of halogens is 1. The lowest BCUT2D eigenvalue weighted by molar-refractivity contribution is -0.143. The zero-order valence-corrected chi connectivity index (χ0v) is 18.5. The van der Waals surface area contributed by atoms with E-state index >= 15 is 0 Å². The van der Waals surface area contributed by atoms with Gasteiger partial charge >= 0.3 is 0 Å². The average molecular weight is 467 g/mol. The summed E-state index contributed by atoms with van der Waals surface area (Å²) in [5, 5.41) is 8.16. The van der Waals surface area contributed by atoms with E-state index in [0.29, 0.717) is 21.7 Å². The van der Waals surface area contributed by atoms with Crippen molar-refractivity contribution in [1.29, 1.82) is 0 Å². The minimum atomic E-state index is -0.649. The zero-order chi connectivity index (χ0) is 23.1. The van der Waals surface area contributed by atoms with E-state index in [1.165, 1.54) is 4.68 Å². The number of nitrogens with one attached hydrogen (secondary N) is 1. The van der Waals surface area contributed by atoms with Crippen LogP contribution in [0.4, 0.5) is 0 Å². The van der Waals surface area contributed by atoms with Gasteiger partial charge in [-0.05, 0) is 43.4 Å². The molecule has 2 fully saturated rings. The number of fused-ring (bicyclic) bond motifs is 3. The molecule has 1 saturated heterocycles. The molecule has 0 spiro atoms. The van der Waals surface area contributed by atoms with Gasteiger partial charge in [0.1, 0.15) is 17.7 Å². The van der Waals surface area contributed by atoms with Gasteiger partial charge in [-0.3, -0.25) is 19.1 Å². The molecule has 2 bridgehead atoms. The molecule has 0 radical (unpaired) electrons. The van der Waals surface area contributed by atoms with Gasteiger partial charge < -0.3 is 16.0 Å². The standard InChI is InChI=1S/C23H23ClN6O3/c24-18-7-3-4-14(27-18)11-26-23(33)21-13-8-9-15(10-13)30(21)19(31)12-29-17-6-2-1-5-16(17)20(28-29)22(25)32/h1-7,13,15,21H,8-12H2,(H2,25,32)(H,26,33)/t13-,15+,21-/m0/s1. The summed E-state index contributed by atoms with van der Waals surface area (Å²) in [7, 11) is 0. The summed E-state index contributed by atoms with van der Waals surface area (Å²) in [4.78, 5) is 44.2. The highest BCUT2D eigenvalue weighted by atomic mass is 35.5. The van der Waals surface area contributed by atoms with Crippen molar-refractivity contribution in [2.24, 2.45) is 11.7 Å². The summed E-state index contributed by atoms with van der Waals surface area (Å²) in [6.45, 7) is 0.164. The molecule has 3 N–H and O–H groups in total. The Morgan fingerprint density at radius 3 is 2.73 bits per heavy atom. The Hall–Kier alpha value is -3.46. The normalized spacial score (nSPS) is 21.5. The van der Waals surface area contributed by atoms with E-state index in [-0.39, 0.29) is 42.6 Å². The van der Waals surface area contributed by atoms with Gasteiger partial charge in [0, 0.05) is 11.4 Å². The molecule has 170 valence electrons. The predicted molar refractivity (Wildman–Crippen MR) is 121 cm³/mol. The summed E-state index contributed by atoms with van der Waals surface area (Å²) >= 11 is 5.93. The second kappa shape index (κ2) is 8.47. The summed E-state index contributed by atoms with van der Waals surface area (Å²) in [6.07, 6.45) is 2.60. The maximum atomic E-state index is 13.4. The number of hydrogen-bond donors (Lipinski definition) is 2. The molecule has 1 aliphatic carbocycles. The van der Waals surface area contributed by atoms with Gasteiger partial charge in [0.05, 0.1) is 17.8 Å². The first-order valence-electron chi connectivity index (χ1n) is 10.9. The minimum Gasteiger partial charge on any atom is -0.364 e. The number of carbonyl (C=O) groups excluding carboxylic acids is 3. The van der Waals surface area contributed by atoms with Gasteiger partial charge in [-0.15, -0.1) is 0 Å². The van der Waals surface area contributed by atoms with Crippen molar-refractivity contribution >= 4 is 40.2 Å². The summed E-state index contributed by atoms with van der Waals surface area (Å²) in [5.41, 5.74) is 6.90. The fraction of sp³-hybridized carbons (Fsp3) is 0.348. The number of amides is 3. The molecule has 3 aromatic rings. The van der Waals surface area contributed by atoms with Crippen LogP contribution in [-0.4, -0.2) is 49.5 Å². The van der Waals surface area contributed by atoms with Crippen LogP contribution in [0.1, 0.15) is 35.4 Å². The maximum Gasteiger partial charge on any atom is 0.269 e. The van der Waals surface area contributed by atoms with E-state index in [1.54, 1.807) is 41.3 Å². The van der Waals surface area contributed by atoms with Crippen LogP contribution in [0, 0.1) is 5.92 Å². The van der Waals surface area contributed by atoms with Gasteiger partial charge in [-0.25, -0.2) is 4.98 Å². The zero-order valence-electron chi connectivity index (χ0n) is 17.8. The van der Waals surface area contributed by atoms with Crippen molar-refractivity contribution in [3.63, 3.8) is 0 Å². The van der Waals surface area contributed by atoms with Crippen LogP contribution in [0.15, 0.2) is 42.5 Å². The minimum absolute atomic E-state index is 0.0278. The fourth-order valence-electron chi connectivity index (χ4n) is 5.16. The molecule has 0 unspecified atom stereocenters. The van der Waals surface area contributed by atoms with E-state index in [2.05, 4.69) is 15.4 Å². The molecule has 1 aromatic carbocycles. The van der Waals surface area contributed by atoms with Crippen molar-refractivity contribution in [2.45, 2.75) is 44.4 Å². The monoisotopic (exact) mass is 466 g/mol. The molecule has 5 rings (SSSR count). The first-order valence-corrected chi connectivity index (χ1v) is 11.3. The van der Waals surface area contributed by atoms with Gasteiger partial charge in [-0.2, -0.15) is 5.10 Å². The Kier molecular flexibility index (Phi) is 5.49. The number of primary amides is 1. The Morgan fingerprint density at radius 1 is 1.12 bits per heavy atom. The van der Waals surface area contributed by atoms with Crippen LogP contribution < -0.4 is 11.1 Å². The summed E-state index contributed by atoms with van der Waals surface area (Å²) < 4.78 is 1.49.